The summed E-state index contributed by atoms with van der Waals surface area (Å²) in [6.45, 7) is -0.195. The van der Waals surface area contributed by atoms with E-state index in [0.29, 0.717) is 35.2 Å². The molecule has 2 aliphatic rings. The number of hydrogen-bond donors (Lipinski definition) is 2. The summed E-state index contributed by atoms with van der Waals surface area (Å²) in [5.74, 6) is -0.273. The summed E-state index contributed by atoms with van der Waals surface area (Å²) in [6.07, 6.45) is 0.354. The molecule has 1 aliphatic carbocycles. The van der Waals surface area contributed by atoms with Gasteiger partial charge in [0.2, 0.25) is 12.5 Å². The number of hydrogen-bond acceptors (Lipinski definition) is 7. The van der Waals surface area contributed by atoms with Crippen LogP contribution in [0.25, 0.3) is 0 Å². The van der Waals surface area contributed by atoms with Gasteiger partial charge >= 0.3 is 5.97 Å². The maximum Gasteiger partial charge on any atom is 0.307 e. The number of aliphatic hydroxyl groups is 1. The lowest BCUT2D eigenvalue weighted by Crippen LogP contribution is -2.38. The van der Waals surface area contributed by atoms with Gasteiger partial charge in [0, 0.05) is 24.0 Å². The minimum absolute atomic E-state index is 0.0708. The Labute approximate surface area is 173 Å². The number of benzene rings is 2. The van der Waals surface area contributed by atoms with Crippen LogP contribution < -0.4 is 23.7 Å². The third-order valence-corrected chi connectivity index (χ3v) is 5.92. The third kappa shape index (κ3) is 3.08. The van der Waals surface area contributed by atoms with Crippen LogP contribution >= 0.6 is 0 Å². The van der Waals surface area contributed by atoms with Crippen molar-refractivity contribution in [2.24, 2.45) is 11.8 Å². The van der Waals surface area contributed by atoms with Crippen molar-refractivity contribution in [1.29, 1.82) is 0 Å². The summed E-state index contributed by atoms with van der Waals surface area (Å²) < 4.78 is 27.5. The first kappa shape index (κ1) is 20.2. The lowest BCUT2D eigenvalue weighted by molar-refractivity contribution is -0.145. The molecule has 2 aromatic rings. The number of carboxylic acid groups (broad SMARTS) is 1. The van der Waals surface area contributed by atoms with Crippen molar-refractivity contribution in [2.45, 2.75) is 12.3 Å². The van der Waals surface area contributed by atoms with Gasteiger partial charge in [-0.05, 0) is 35.7 Å². The van der Waals surface area contributed by atoms with Crippen molar-refractivity contribution >= 4 is 5.97 Å². The Balaban J connectivity index is 1.96. The minimum atomic E-state index is -0.976. The van der Waals surface area contributed by atoms with E-state index in [0.717, 1.165) is 16.7 Å². The van der Waals surface area contributed by atoms with Gasteiger partial charge in [0.15, 0.2) is 23.0 Å². The van der Waals surface area contributed by atoms with Gasteiger partial charge in [0.05, 0.1) is 27.2 Å². The van der Waals surface area contributed by atoms with Crippen LogP contribution in [0.4, 0.5) is 0 Å². The lowest BCUT2D eigenvalue weighted by atomic mass is 9.66. The van der Waals surface area contributed by atoms with Crippen LogP contribution in [0.15, 0.2) is 24.3 Å². The van der Waals surface area contributed by atoms with Crippen LogP contribution in [0.1, 0.15) is 22.6 Å². The number of carboxylic acids is 1. The highest BCUT2D eigenvalue weighted by Crippen LogP contribution is 2.54. The van der Waals surface area contributed by atoms with Gasteiger partial charge in [-0.25, -0.2) is 0 Å². The number of aliphatic hydroxyl groups excluding tert-OH is 1. The van der Waals surface area contributed by atoms with Gasteiger partial charge in [-0.1, -0.05) is 6.07 Å². The van der Waals surface area contributed by atoms with Crippen LogP contribution in [0.5, 0.6) is 28.7 Å². The van der Waals surface area contributed by atoms with Gasteiger partial charge < -0.3 is 33.9 Å². The standard InChI is InChI=1S/C22H24O8/c1-26-15-5-4-11(7-16(15)27-2)18-13-8-17-21(30-10-29-17)20(28-3)14(13)6-12(9-23)19(18)22(24)25/h4-5,7-8,12,18-19,23H,6,9-10H2,1-3H3,(H,24,25). The molecule has 0 saturated heterocycles. The van der Waals surface area contributed by atoms with E-state index in [-0.39, 0.29) is 13.4 Å². The molecule has 3 atom stereocenters. The quantitative estimate of drug-likeness (QED) is 0.740. The zero-order chi connectivity index (χ0) is 21.4. The van der Waals surface area contributed by atoms with E-state index in [1.807, 2.05) is 12.1 Å². The molecule has 0 fully saturated rings. The molecule has 0 radical (unpaired) electrons. The molecule has 8 heteroatoms. The van der Waals surface area contributed by atoms with Gasteiger partial charge in [-0.2, -0.15) is 0 Å². The van der Waals surface area contributed by atoms with E-state index < -0.39 is 23.7 Å². The second kappa shape index (κ2) is 7.95. The Morgan fingerprint density at radius 1 is 1.10 bits per heavy atom. The fourth-order valence-corrected chi connectivity index (χ4v) is 4.58. The fourth-order valence-electron chi connectivity index (χ4n) is 4.58. The average Bonchev–Trinajstić information content (AvgIpc) is 3.23. The largest absolute Gasteiger partial charge is 0.493 e. The first-order valence-corrected chi connectivity index (χ1v) is 9.58. The first-order chi connectivity index (χ1) is 14.5. The second-order valence-corrected chi connectivity index (χ2v) is 7.31. The Bertz CT molecular complexity index is 970. The Hall–Kier alpha value is -3.13. The number of fused-ring (bicyclic) bond motifs is 2. The lowest BCUT2D eigenvalue weighted by Gasteiger charge is -2.37. The molecule has 8 nitrogen and oxygen atoms in total. The highest BCUT2D eigenvalue weighted by Gasteiger charge is 2.45. The summed E-state index contributed by atoms with van der Waals surface area (Å²) in [7, 11) is 4.61. The van der Waals surface area contributed by atoms with E-state index in [1.54, 1.807) is 26.4 Å². The topological polar surface area (TPSA) is 104 Å². The Morgan fingerprint density at radius 2 is 1.87 bits per heavy atom. The highest BCUT2D eigenvalue weighted by atomic mass is 16.7. The van der Waals surface area contributed by atoms with E-state index >= 15 is 0 Å². The molecular weight excluding hydrogens is 392 g/mol. The number of aliphatic carboxylic acids is 1. The maximum absolute atomic E-state index is 12.3. The third-order valence-electron chi connectivity index (χ3n) is 5.92. The minimum Gasteiger partial charge on any atom is -0.493 e. The van der Waals surface area contributed by atoms with Gasteiger partial charge in [0.1, 0.15) is 0 Å². The molecule has 0 saturated carbocycles. The molecule has 160 valence electrons. The molecule has 30 heavy (non-hydrogen) atoms. The molecule has 2 aromatic carbocycles. The molecule has 0 spiro atoms. The normalized spacial score (nSPS) is 21.7. The maximum atomic E-state index is 12.3. The first-order valence-electron chi connectivity index (χ1n) is 9.58. The summed E-state index contributed by atoms with van der Waals surface area (Å²) in [4.78, 5) is 12.3. The van der Waals surface area contributed by atoms with Crippen molar-refractivity contribution in [2.75, 3.05) is 34.7 Å². The molecule has 4 rings (SSSR count). The van der Waals surface area contributed by atoms with Crippen molar-refractivity contribution in [3.63, 3.8) is 0 Å². The smallest absolute Gasteiger partial charge is 0.307 e. The molecule has 1 heterocycles. The molecule has 1 aliphatic heterocycles. The summed E-state index contributed by atoms with van der Waals surface area (Å²) >= 11 is 0. The zero-order valence-corrected chi connectivity index (χ0v) is 17.0. The monoisotopic (exact) mass is 416 g/mol. The van der Waals surface area contributed by atoms with Crippen molar-refractivity contribution < 1.29 is 38.7 Å². The van der Waals surface area contributed by atoms with Gasteiger partial charge in [0.25, 0.3) is 0 Å². The van der Waals surface area contributed by atoms with Crippen LogP contribution in [-0.2, 0) is 11.2 Å². The summed E-state index contributed by atoms with van der Waals surface area (Å²) in [5.41, 5.74) is 2.33. The van der Waals surface area contributed by atoms with Crippen LogP contribution in [0.3, 0.4) is 0 Å². The SMILES string of the molecule is COc1ccc(C2c3cc4c(c(OC)c3CC(CO)C2C(=O)O)OCO4)cc1OC. The number of ether oxygens (including phenoxy) is 5. The van der Waals surface area contributed by atoms with Crippen molar-refractivity contribution in [3.8, 4) is 28.7 Å². The molecule has 0 bridgehead atoms. The molecule has 0 aromatic heterocycles. The van der Waals surface area contributed by atoms with Crippen LogP contribution in [-0.4, -0.2) is 50.9 Å². The fraction of sp³-hybridized carbons (Fsp3) is 0.409. The molecule has 0 amide bonds. The van der Waals surface area contributed by atoms with E-state index in [4.69, 9.17) is 23.7 Å². The number of methoxy groups -OCH3 is 3. The van der Waals surface area contributed by atoms with Gasteiger partial charge in [-0.15, -0.1) is 0 Å². The van der Waals surface area contributed by atoms with Crippen LogP contribution in [0.2, 0.25) is 0 Å². The van der Waals surface area contributed by atoms with E-state index in [9.17, 15) is 15.0 Å². The summed E-state index contributed by atoms with van der Waals surface area (Å²) in [5, 5.41) is 20.1. The number of rotatable bonds is 6. The van der Waals surface area contributed by atoms with Crippen molar-refractivity contribution in [1.82, 2.24) is 0 Å². The zero-order valence-electron chi connectivity index (χ0n) is 17.0. The number of carbonyl (C=O) groups is 1. The molecule has 2 N–H and O–H groups in total. The Kier molecular flexibility index (Phi) is 5.34. The average molecular weight is 416 g/mol. The van der Waals surface area contributed by atoms with E-state index in [1.165, 1.54) is 7.11 Å². The molecular formula is C22H24O8. The predicted molar refractivity (Wildman–Crippen MR) is 106 cm³/mol. The van der Waals surface area contributed by atoms with E-state index in [2.05, 4.69) is 0 Å². The van der Waals surface area contributed by atoms with Crippen LogP contribution in [0, 0.1) is 11.8 Å². The summed E-state index contributed by atoms with van der Waals surface area (Å²) in [6, 6.07) is 7.17. The second-order valence-electron chi connectivity index (χ2n) is 7.31. The predicted octanol–water partition coefficient (Wildman–Crippen LogP) is 2.44. The molecule has 3 unspecified atom stereocenters. The highest BCUT2D eigenvalue weighted by molar-refractivity contribution is 5.75. The Morgan fingerprint density at radius 3 is 2.50 bits per heavy atom. The van der Waals surface area contributed by atoms with Gasteiger partial charge in [-0.3, -0.25) is 4.79 Å². The van der Waals surface area contributed by atoms with Crippen molar-refractivity contribution in [3.05, 3.63) is 41.0 Å².